The number of benzene rings is 1. The van der Waals surface area contributed by atoms with Crippen molar-refractivity contribution in [1.82, 2.24) is 19.5 Å². The SMILES string of the molecule is CCc1nc(C(N)=O)c2[nH]c(=O)n(-c3ccc(C)c(C)c3)c2n1. The van der Waals surface area contributed by atoms with Crippen LogP contribution in [0.2, 0.25) is 0 Å². The predicted molar refractivity (Wildman–Crippen MR) is 86.9 cm³/mol. The molecule has 0 saturated heterocycles. The van der Waals surface area contributed by atoms with Gasteiger partial charge in [0.15, 0.2) is 11.3 Å². The maximum atomic E-state index is 12.4. The number of fused-ring (bicyclic) bond motifs is 1. The summed E-state index contributed by atoms with van der Waals surface area (Å²) in [4.78, 5) is 35.2. The molecule has 23 heavy (non-hydrogen) atoms. The lowest BCUT2D eigenvalue weighted by atomic mass is 10.1. The predicted octanol–water partition coefficient (Wildman–Crippen LogP) is 1.39. The van der Waals surface area contributed by atoms with Crippen molar-refractivity contribution in [3.8, 4) is 5.69 Å². The van der Waals surface area contributed by atoms with Gasteiger partial charge in [0.05, 0.1) is 5.69 Å². The van der Waals surface area contributed by atoms with Crippen molar-refractivity contribution in [2.45, 2.75) is 27.2 Å². The van der Waals surface area contributed by atoms with E-state index in [9.17, 15) is 9.59 Å². The van der Waals surface area contributed by atoms with Crippen LogP contribution >= 0.6 is 0 Å². The molecule has 0 bridgehead atoms. The summed E-state index contributed by atoms with van der Waals surface area (Å²) in [6.07, 6.45) is 0.530. The van der Waals surface area contributed by atoms with Gasteiger partial charge in [-0.3, -0.25) is 4.79 Å². The fraction of sp³-hybridized carbons (Fsp3) is 0.250. The first-order valence-electron chi connectivity index (χ1n) is 7.31. The number of carbonyl (C=O) groups excluding carboxylic acids is 1. The summed E-state index contributed by atoms with van der Waals surface area (Å²) in [5, 5.41) is 0. The van der Waals surface area contributed by atoms with Crippen LogP contribution in [-0.4, -0.2) is 25.4 Å². The standard InChI is InChI=1S/C16H17N5O2/c1-4-11-18-12(14(17)22)13-15(19-11)21(16(23)20-13)10-6-5-8(2)9(3)7-10/h5-7H,4H2,1-3H3,(H2,17,22)(H,20,23). The number of hydrogen-bond acceptors (Lipinski definition) is 4. The minimum Gasteiger partial charge on any atom is -0.364 e. The molecule has 2 aromatic heterocycles. The number of rotatable bonds is 3. The molecule has 3 aromatic rings. The number of amides is 1. The van der Waals surface area contributed by atoms with Crippen LogP contribution in [0.3, 0.4) is 0 Å². The molecular formula is C16H17N5O2. The van der Waals surface area contributed by atoms with E-state index in [-0.39, 0.29) is 16.9 Å². The Hall–Kier alpha value is -2.96. The Morgan fingerprint density at radius 1 is 1.26 bits per heavy atom. The van der Waals surface area contributed by atoms with Crippen LogP contribution in [0.25, 0.3) is 16.9 Å². The Labute approximate surface area is 132 Å². The average molecular weight is 311 g/mol. The number of aromatic nitrogens is 4. The molecule has 0 aliphatic rings. The largest absolute Gasteiger partial charge is 0.364 e. The van der Waals surface area contributed by atoms with Crippen molar-refractivity contribution >= 4 is 17.1 Å². The van der Waals surface area contributed by atoms with Gasteiger partial charge in [0.25, 0.3) is 5.91 Å². The molecule has 0 atom stereocenters. The van der Waals surface area contributed by atoms with Crippen LogP contribution < -0.4 is 11.4 Å². The van der Waals surface area contributed by atoms with E-state index in [2.05, 4.69) is 15.0 Å². The maximum Gasteiger partial charge on any atom is 0.332 e. The van der Waals surface area contributed by atoms with Crippen molar-refractivity contribution in [2.24, 2.45) is 5.73 Å². The number of primary amides is 1. The molecule has 0 saturated carbocycles. The van der Waals surface area contributed by atoms with Gasteiger partial charge in [-0.15, -0.1) is 0 Å². The van der Waals surface area contributed by atoms with Crippen molar-refractivity contribution < 1.29 is 4.79 Å². The van der Waals surface area contributed by atoms with Gasteiger partial charge in [0.2, 0.25) is 0 Å². The average Bonchev–Trinajstić information content (AvgIpc) is 2.84. The van der Waals surface area contributed by atoms with E-state index >= 15 is 0 Å². The molecule has 7 nitrogen and oxygen atoms in total. The van der Waals surface area contributed by atoms with Gasteiger partial charge in [0.1, 0.15) is 11.3 Å². The second-order valence-electron chi connectivity index (χ2n) is 5.44. The summed E-state index contributed by atoms with van der Waals surface area (Å²) < 4.78 is 1.44. The number of carbonyl (C=O) groups is 1. The van der Waals surface area contributed by atoms with Crippen molar-refractivity contribution in [2.75, 3.05) is 0 Å². The monoisotopic (exact) mass is 311 g/mol. The molecule has 0 radical (unpaired) electrons. The zero-order valence-corrected chi connectivity index (χ0v) is 13.2. The number of imidazole rings is 1. The minimum absolute atomic E-state index is 0.0338. The van der Waals surface area contributed by atoms with E-state index in [4.69, 9.17) is 5.73 Å². The molecule has 3 N–H and O–H groups in total. The van der Waals surface area contributed by atoms with Gasteiger partial charge in [-0.1, -0.05) is 13.0 Å². The number of nitrogens with two attached hydrogens (primary N) is 1. The quantitative estimate of drug-likeness (QED) is 0.762. The molecular weight excluding hydrogens is 294 g/mol. The highest BCUT2D eigenvalue weighted by Crippen LogP contribution is 2.19. The number of aromatic amines is 1. The lowest BCUT2D eigenvalue weighted by Crippen LogP contribution is -2.16. The minimum atomic E-state index is -0.694. The highest BCUT2D eigenvalue weighted by molar-refractivity contribution is 6.01. The van der Waals surface area contributed by atoms with Crippen molar-refractivity contribution in [3.63, 3.8) is 0 Å². The molecule has 118 valence electrons. The number of nitrogens with one attached hydrogen (secondary N) is 1. The summed E-state index contributed by atoms with van der Waals surface area (Å²) in [5.41, 5.74) is 8.53. The van der Waals surface area contributed by atoms with E-state index in [1.165, 1.54) is 4.57 Å². The third-order valence-corrected chi connectivity index (χ3v) is 3.88. The summed E-state index contributed by atoms with van der Waals surface area (Å²) in [6, 6.07) is 5.68. The zero-order chi connectivity index (χ0) is 16.7. The van der Waals surface area contributed by atoms with Crippen molar-refractivity contribution in [3.05, 3.63) is 51.3 Å². The lowest BCUT2D eigenvalue weighted by Gasteiger charge is -2.07. The molecule has 1 amide bonds. The number of aryl methyl sites for hydroxylation is 3. The summed E-state index contributed by atoms with van der Waals surface area (Å²) in [6.45, 7) is 5.84. The summed E-state index contributed by atoms with van der Waals surface area (Å²) >= 11 is 0. The van der Waals surface area contributed by atoms with Gasteiger partial charge in [0, 0.05) is 6.42 Å². The Kier molecular flexibility index (Phi) is 3.48. The van der Waals surface area contributed by atoms with E-state index in [1.54, 1.807) is 0 Å². The first-order chi connectivity index (χ1) is 10.9. The number of hydrogen-bond donors (Lipinski definition) is 2. The fourth-order valence-corrected chi connectivity index (χ4v) is 2.47. The van der Waals surface area contributed by atoms with Gasteiger partial charge in [-0.2, -0.15) is 0 Å². The molecule has 0 spiro atoms. The van der Waals surface area contributed by atoms with Crippen molar-refractivity contribution in [1.29, 1.82) is 0 Å². The Bertz CT molecular complexity index is 984. The first-order valence-corrected chi connectivity index (χ1v) is 7.31. The fourth-order valence-electron chi connectivity index (χ4n) is 2.47. The second-order valence-corrected chi connectivity index (χ2v) is 5.44. The van der Waals surface area contributed by atoms with E-state index in [1.807, 2.05) is 39.0 Å². The molecule has 3 rings (SSSR count). The molecule has 0 aliphatic heterocycles. The van der Waals surface area contributed by atoms with Crippen LogP contribution in [0.4, 0.5) is 0 Å². The van der Waals surface area contributed by atoms with Gasteiger partial charge in [-0.25, -0.2) is 19.3 Å². The smallest absolute Gasteiger partial charge is 0.332 e. The molecule has 7 heteroatoms. The van der Waals surface area contributed by atoms with Crippen LogP contribution in [0, 0.1) is 13.8 Å². The van der Waals surface area contributed by atoms with E-state index in [0.717, 1.165) is 11.1 Å². The summed E-state index contributed by atoms with van der Waals surface area (Å²) in [7, 11) is 0. The summed E-state index contributed by atoms with van der Waals surface area (Å²) in [5.74, 6) is -0.233. The Balaban J connectivity index is 2.39. The maximum absolute atomic E-state index is 12.4. The number of H-pyrrole nitrogens is 1. The van der Waals surface area contributed by atoms with Gasteiger partial charge in [-0.05, 0) is 37.1 Å². The van der Waals surface area contributed by atoms with E-state index < -0.39 is 5.91 Å². The lowest BCUT2D eigenvalue weighted by molar-refractivity contribution is 0.0997. The Morgan fingerprint density at radius 2 is 2.00 bits per heavy atom. The number of nitrogens with zero attached hydrogens (tertiary/aromatic N) is 3. The van der Waals surface area contributed by atoms with Crippen LogP contribution in [0.1, 0.15) is 34.4 Å². The third-order valence-electron chi connectivity index (χ3n) is 3.88. The topological polar surface area (TPSA) is 107 Å². The molecule has 1 aromatic carbocycles. The highest BCUT2D eigenvalue weighted by atomic mass is 16.2. The van der Waals surface area contributed by atoms with E-state index in [0.29, 0.717) is 23.6 Å². The molecule has 2 heterocycles. The van der Waals surface area contributed by atoms with Crippen LogP contribution in [0.15, 0.2) is 23.0 Å². The molecule has 0 unspecified atom stereocenters. The highest BCUT2D eigenvalue weighted by Gasteiger charge is 2.19. The van der Waals surface area contributed by atoms with Gasteiger partial charge >= 0.3 is 5.69 Å². The van der Waals surface area contributed by atoms with Gasteiger partial charge < -0.3 is 10.7 Å². The Morgan fingerprint density at radius 3 is 2.61 bits per heavy atom. The molecule has 0 fully saturated rings. The van der Waals surface area contributed by atoms with Crippen LogP contribution in [0.5, 0.6) is 0 Å². The molecule has 0 aliphatic carbocycles. The second kappa shape index (κ2) is 5.35. The zero-order valence-electron chi connectivity index (χ0n) is 13.2. The van der Waals surface area contributed by atoms with Crippen LogP contribution in [-0.2, 0) is 6.42 Å². The third kappa shape index (κ3) is 2.40. The normalized spacial score (nSPS) is 11.1. The first kappa shape index (κ1) is 15.0.